The maximum Gasteiger partial charge on any atom is 0.234 e. The van der Waals surface area contributed by atoms with Crippen molar-refractivity contribution in [3.05, 3.63) is 89.4 Å². The minimum absolute atomic E-state index is 0.134. The first-order chi connectivity index (χ1) is 15.6. The summed E-state index contributed by atoms with van der Waals surface area (Å²) in [5.74, 6) is 1.47. The molecule has 0 aliphatic carbocycles. The van der Waals surface area contributed by atoms with Gasteiger partial charge in [-0.3, -0.25) is 9.36 Å². The van der Waals surface area contributed by atoms with Crippen LogP contribution in [0.4, 0.5) is 5.69 Å². The lowest BCUT2D eigenvalue weighted by molar-refractivity contribution is -0.113. The van der Waals surface area contributed by atoms with Gasteiger partial charge in [0.25, 0.3) is 0 Å². The smallest absolute Gasteiger partial charge is 0.234 e. The van der Waals surface area contributed by atoms with Gasteiger partial charge in [-0.05, 0) is 42.0 Å². The average Bonchev–Trinajstić information content (AvgIpc) is 3.21. The molecular formula is C24H21ClN4O2S. The summed E-state index contributed by atoms with van der Waals surface area (Å²) in [4.78, 5) is 12.5. The molecule has 4 rings (SSSR count). The van der Waals surface area contributed by atoms with E-state index in [-0.39, 0.29) is 11.7 Å². The van der Waals surface area contributed by atoms with E-state index in [9.17, 15) is 4.79 Å². The highest BCUT2D eigenvalue weighted by Gasteiger charge is 2.16. The number of hydrogen-bond acceptors (Lipinski definition) is 5. The van der Waals surface area contributed by atoms with Crippen LogP contribution in [0, 0.1) is 0 Å². The fraction of sp³-hybridized carbons (Fsp3) is 0.125. The Balaban J connectivity index is 1.53. The molecule has 0 atom stereocenters. The fourth-order valence-electron chi connectivity index (χ4n) is 3.14. The number of halogens is 1. The molecule has 1 amide bonds. The molecular weight excluding hydrogens is 444 g/mol. The van der Waals surface area contributed by atoms with Gasteiger partial charge in [0.2, 0.25) is 5.91 Å². The van der Waals surface area contributed by atoms with E-state index < -0.39 is 0 Å². The molecule has 162 valence electrons. The monoisotopic (exact) mass is 464 g/mol. The fourth-order valence-corrected chi connectivity index (χ4v) is 4.01. The highest BCUT2D eigenvalue weighted by molar-refractivity contribution is 7.99. The lowest BCUT2D eigenvalue weighted by Gasteiger charge is -2.11. The van der Waals surface area contributed by atoms with Gasteiger partial charge in [0.15, 0.2) is 11.0 Å². The standard InChI is InChI=1S/C24H21ClN4O2S/c1-31-21-9-5-8-20(14-21)26-22(30)16-32-24-28-27-23(18-10-12-19(25)13-11-18)29(24)15-17-6-3-2-4-7-17/h2-14H,15-16H2,1H3,(H,26,30). The van der Waals surface area contributed by atoms with Crippen LogP contribution in [0.3, 0.4) is 0 Å². The van der Waals surface area contributed by atoms with Crippen molar-refractivity contribution in [2.45, 2.75) is 11.7 Å². The second-order valence-electron chi connectivity index (χ2n) is 6.95. The zero-order chi connectivity index (χ0) is 22.3. The maximum absolute atomic E-state index is 12.5. The summed E-state index contributed by atoms with van der Waals surface area (Å²) < 4.78 is 7.22. The summed E-state index contributed by atoms with van der Waals surface area (Å²) in [5.41, 5.74) is 2.71. The summed E-state index contributed by atoms with van der Waals surface area (Å²) in [6.45, 7) is 0.589. The van der Waals surface area contributed by atoms with E-state index in [1.54, 1.807) is 13.2 Å². The number of nitrogens with zero attached hydrogens (tertiary/aromatic N) is 3. The Bertz CT molecular complexity index is 1200. The topological polar surface area (TPSA) is 69.0 Å². The number of carbonyl (C=O) groups is 1. The zero-order valence-corrected chi connectivity index (χ0v) is 18.9. The first kappa shape index (κ1) is 21.9. The van der Waals surface area contributed by atoms with Crippen molar-refractivity contribution in [1.82, 2.24) is 14.8 Å². The molecule has 8 heteroatoms. The minimum Gasteiger partial charge on any atom is -0.497 e. The predicted molar refractivity (Wildman–Crippen MR) is 128 cm³/mol. The molecule has 0 saturated carbocycles. The number of amides is 1. The number of carbonyl (C=O) groups excluding carboxylic acids is 1. The quantitative estimate of drug-likeness (QED) is 0.354. The molecule has 0 unspecified atom stereocenters. The molecule has 4 aromatic rings. The molecule has 0 bridgehead atoms. The average molecular weight is 465 g/mol. The van der Waals surface area contributed by atoms with Gasteiger partial charge in [-0.15, -0.1) is 10.2 Å². The van der Waals surface area contributed by atoms with Crippen molar-refractivity contribution >= 4 is 35.0 Å². The van der Waals surface area contributed by atoms with Gasteiger partial charge in [-0.2, -0.15) is 0 Å². The summed E-state index contributed by atoms with van der Waals surface area (Å²) in [6, 6.07) is 24.8. The summed E-state index contributed by atoms with van der Waals surface area (Å²) >= 11 is 7.39. The summed E-state index contributed by atoms with van der Waals surface area (Å²) in [6.07, 6.45) is 0. The summed E-state index contributed by atoms with van der Waals surface area (Å²) in [7, 11) is 1.59. The minimum atomic E-state index is -0.134. The van der Waals surface area contributed by atoms with Gasteiger partial charge in [0.1, 0.15) is 5.75 Å². The lowest BCUT2D eigenvalue weighted by Crippen LogP contribution is -2.15. The zero-order valence-electron chi connectivity index (χ0n) is 17.4. The van der Waals surface area contributed by atoms with Crippen LogP contribution >= 0.6 is 23.4 Å². The first-order valence-electron chi connectivity index (χ1n) is 9.92. The second kappa shape index (κ2) is 10.3. The normalized spacial score (nSPS) is 10.7. The maximum atomic E-state index is 12.5. The van der Waals surface area contributed by atoms with Crippen molar-refractivity contribution in [3.8, 4) is 17.1 Å². The number of thioether (sulfide) groups is 1. The molecule has 0 aliphatic heterocycles. The Kier molecular flexibility index (Phi) is 7.09. The van der Waals surface area contributed by atoms with Crippen LogP contribution in [-0.4, -0.2) is 33.5 Å². The number of benzene rings is 3. The number of nitrogens with one attached hydrogen (secondary N) is 1. The number of methoxy groups -OCH3 is 1. The molecule has 0 fully saturated rings. The molecule has 0 spiro atoms. The highest BCUT2D eigenvalue weighted by Crippen LogP contribution is 2.26. The number of anilines is 1. The van der Waals surface area contributed by atoms with Crippen molar-refractivity contribution in [2.75, 3.05) is 18.2 Å². The van der Waals surface area contributed by atoms with Gasteiger partial charge in [0.05, 0.1) is 19.4 Å². The van der Waals surface area contributed by atoms with Crippen molar-refractivity contribution < 1.29 is 9.53 Å². The Hall–Kier alpha value is -3.29. The van der Waals surface area contributed by atoms with E-state index in [1.807, 2.05) is 65.2 Å². The van der Waals surface area contributed by atoms with Gasteiger partial charge < -0.3 is 10.1 Å². The van der Waals surface area contributed by atoms with Crippen LogP contribution in [0.15, 0.2) is 84.0 Å². The van der Waals surface area contributed by atoms with E-state index in [1.165, 1.54) is 11.8 Å². The van der Waals surface area contributed by atoms with Crippen LogP contribution < -0.4 is 10.1 Å². The third kappa shape index (κ3) is 5.49. The Morgan fingerprint density at radius 1 is 1.03 bits per heavy atom. The SMILES string of the molecule is COc1cccc(NC(=O)CSc2nnc(-c3ccc(Cl)cc3)n2Cc2ccccc2)c1. The summed E-state index contributed by atoms with van der Waals surface area (Å²) in [5, 5.41) is 13.0. The third-order valence-corrected chi connectivity index (χ3v) is 5.91. The molecule has 32 heavy (non-hydrogen) atoms. The van der Waals surface area contributed by atoms with E-state index in [2.05, 4.69) is 27.6 Å². The number of rotatable bonds is 8. The van der Waals surface area contributed by atoms with Gasteiger partial charge >= 0.3 is 0 Å². The highest BCUT2D eigenvalue weighted by atomic mass is 35.5. The molecule has 0 radical (unpaired) electrons. The van der Waals surface area contributed by atoms with E-state index >= 15 is 0 Å². The molecule has 1 aromatic heterocycles. The number of aromatic nitrogens is 3. The Morgan fingerprint density at radius 2 is 1.81 bits per heavy atom. The van der Waals surface area contributed by atoms with Crippen LogP contribution in [0.1, 0.15) is 5.56 Å². The predicted octanol–water partition coefficient (Wildman–Crippen LogP) is 5.39. The third-order valence-electron chi connectivity index (χ3n) is 4.69. The lowest BCUT2D eigenvalue weighted by atomic mass is 10.2. The van der Waals surface area contributed by atoms with Crippen LogP contribution in [-0.2, 0) is 11.3 Å². The number of ether oxygens (including phenoxy) is 1. The van der Waals surface area contributed by atoms with Crippen molar-refractivity contribution in [3.63, 3.8) is 0 Å². The van der Waals surface area contributed by atoms with Crippen molar-refractivity contribution in [2.24, 2.45) is 0 Å². The molecule has 1 N–H and O–H groups in total. The Morgan fingerprint density at radius 3 is 2.56 bits per heavy atom. The van der Waals surface area contributed by atoms with E-state index in [0.717, 1.165) is 17.0 Å². The number of hydrogen-bond donors (Lipinski definition) is 1. The van der Waals surface area contributed by atoms with Crippen LogP contribution in [0.5, 0.6) is 5.75 Å². The first-order valence-corrected chi connectivity index (χ1v) is 11.3. The van der Waals surface area contributed by atoms with E-state index in [4.69, 9.17) is 16.3 Å². The van der Waals surface area contributed by atoms with Crippen LogP contribution in [0.2, 0.25) is 5.02 Å². The molecule has 3 aromatic carbocycles. The van der Waals surface area contributed by atoms with Crippen LogP contribution in [0.25, 0.3) is 11.4 Å². The molecule has 1 heterocycles. The largest absolute Gasteiger partial charge is 0.497 e. The van der Waals surface area contributed by atoms with Gasteiger partial charge in [-0.25, -0.2) is 0 Å². The molecule has 6 nitrogen and oxygen atoms in total. The van der Waals surface area contributed by atoms with Gasteiger partial charge in [0, 0.05) is 22.3 Å². The second-order valence-corrected chi connectivity index (χ2v) is 8.33. The van der Waals surface area contributed by atoms with E-state index in [0.29, 0.717) is 28.2 Å². The Labute approximate surface area is 195 Å². The molecule has 0 aliphatic rings. The molecule has 0 saturated heterocycles. The van der Waals surface area contributed by atoms with Gasteiger partial charge in [-0.1, -0.05) is 59.8 Å². The van der Waals surface area contributed by atoms with Crippen molar-refractivity contribution in [1.29, 1.82) is 0 Å².